The molecule has 0 saturated carbocycles. The molecule has 3 aromatic rings. The van der Waals surface area contributed by atoms with Crippen molar-refractivity contribution in [2.24, 2.45) is 0 Å². The van der Waals surface area contributed by atoms with Crippen LogP contribution < -0.4 is 5.32 Å². The van der Waals surface area contributed by atoms with Crippen LogP contribution in [-0.2, 0) is 12.6 Å². The maximum absolute atomic E-state index is 13.2. The molecule has 1 saturated heterocycles. The van der Waals surface area contributed by atoms with Gasteiger partial charge in [0.05, 0.1) is 11.4 Å². The smallest absolute Gasteiger partial charge is 0.361 e. The Bertz CT molecular complexity index is 1070. The van der Waals surface area contributed by atoms with Gasteiger partial charge in [0.1, 0.15) is 23.5 Å². The zero-order valence-electron chi connectivity index (χ0n) is 17.3. The molecule has 0 amide bonds. The molecular formula is C22H25F3N6. The minimum atomic E-state index is -4.46. The van der Waals surface area contributed by atoms with Crippen LogP contribution in [0.25, 0.3) is 11.0 Å². The number of piperazine rings is 1. The molecule has 0 spiro atoms. The van der Waals surface area contributed by atoms with Crippen LogP contribution in [0.2, 0.25) is 0 Å². The number of hydrogen-bond donors (Lipinski definition) is 2. The Kier molecular flexibility index (Phi) is 5.10. The van der Waals surface area contributed by atoms with Crippen LogP contribution >= 0.6 is 0 Å². The summed E-state index contributed by atoms with van der Waals surface area (Å²) in [6, 6.07) is 9.59. The molecule has 164 valence electrons. The Morgan fingerprint density at radius 2 is 1.87 bits per heavy atom. The van der Waals surface area contributed by atoms with E-state index in [1.54, 1.807) is 0 Å². The average Bonchev–Trinajstić information content (AvgIpc) is 3.21. The summed E-state index contributed by atoms with van der Waals surface area (Å²) in [5.41, 5.74) is 1.84. The van der Waals surface area contributed by atoms with E-state index in [0.717, 1.165) is 45.1 Å². The van der Waals surface area contributed by atoms with E-state index in [9.17, 15) is 13.2 Å². The highest BCUT2D eigenvalue weighted by atomic mass is 19.4. The van der Waals surface area contributed by atoms with Gasteiger partial charge in [-0.3, -0.25) is 4.90 Å². The molecule has 2 N–H and O–H groups in total. The molecule has 1 aliphatic heterocycles. The van der Waals surface area contributed by atoms with Crippen LogP contribution in [0, 0.1) is 0 Å². The predicted octanol–water partition coefficient (Wildman–Crippen LogP) is 3.69. The molecule has 0 radical (unpaired) electrons. The average molecular weight is 430 g/mol. The van der Waals surface area contributed by atoms with Crippen molar-refractivity contribution in [3.63, 3.8) is 0 Å². The lowest BCUT2D eigenvalue weighted by Crippen LogP contribution is -2.53. The van der Waals surface area contributed by atoms with Crippen LogP contribution in [0.3, 0.4) is 0 Å². The second kappa shape index (κ2) is 7.80. The third-order valence-electron chi connectivity index (χ3n) is 6.51. The number of rotatable bonds is 3. The van der Waals surface area contributed by atoms with Gasteiger partial charge in [-0.25, -0.2) is 9.97 Å². The van der Waals surface area contributed by atoms with Gasteiger partial charge in [-0.1, -0.05) is 24.3 Å². The molecule has 9 heteroatoms. The maximum Gasteiger partial charge on any atom is 0.431 e. The summed E-state index contributed by atoms with van der Waals surface area (Å²) >= 11 is 0. The number of aromatic nitrogens is 3. The molecule has 1 aliphatic carbocycles. The van der Waals surface area contributed by atoms with Crippen LogP contribution in [0.1, 0.15) is 29.3 Å². The first-order valence-corrected chi connectivity index (χ1v) is 10.6. The van der Waals surface area contributed by atoms with Crippen molar-refractivity contribution in [3.8, 4) is 0 Å². The monoisotopic (exact) mass is 430 g/mol. The fraction of sp³-hybridized carbons (Fsp3) is 0.455. The zero-order chi connectivity index (χ0) is 21.6. The molecule has 2 atom stereocenters. The first-order valence-electron chi connectivity index (χ1n) is 10.6. The molecule has 0 bridgehead atoms. The number of benzene rings is 1. The summed E-state index contributed by atoms with van der Waals surface area (Å²) in [5.74, 6) is 0.428. The molecule has 1 fully saturated rings. The number of fused-ring (bicyclic) bond motifs is 2. The normalized spacial score (nSPS) is 23.1. The molecule has 2 aromatic heterocycles. The van der Waals surface area contributed by atoms with Gasteiger partial charge in [0.15, 0.2) is 0 Å². The Balaban J connectivity index is 1.52. The number of nitrogens with one attached hydrogen (secondary N) is 2. The number of aromatic amines is 1. The number of H-pyrrole nitrogens is 1. The van der Waals surface area contributed by atoms with Gasteiger partial charge >= 0.3 is 6.18 Å². The highest BCUT2D eigenvalue weighted by Crippen LogP contribution is 2.38. The summed E-state index contributed by atoms with van der Waals surface area (Å²) in [4.78, 5) is 15.5. The lowest BCUT2D eigenvalue weighted by molar-refractivity contribution is -0.140. The summed E-state index contributed by atoms with van der Waals surface area (Å²) in [6.45, 7) is 3.97. The SMILES string of the molecule is CN1CCN([C@@H]2CCc3ccccc3[C@H]2Nc2ncnc3[nH]c(C(F)(F)F)cc23)CC1. The lowest BCUT2D eigenvalue weighted by Gasteiger charge is -2.44. The molecule has 2 aliphatic rings. The summed E-state index contributed by atoms with van der Waals surface area (Å²) in [7, 11) is 2.13. The third-order valence-corrected chi connectivity index (χ3v) is 6.51. The fourth-order valence-electron chi connectivity index (χ4n) is 4.82. The Morgan fingerprint density at radius 3 is 2.65 bits per heavy atom. The van der Waals surface area contributed by atoms with Crippen molar-refractivity contribution in [2.75, 3.05) is 38.5 Å². The van der Waals surface area contributed by atoms with E-state index in [4.69, 9.17) is 0 Å². The second-order valence-electron chi connectivity index (χ2n) is 8.43. The van der Waals surface area contributed by atoms with Crippen LogP contribution in [0.15, 0.2) is 36.7 Å². The number of aryl methyl sites for hydroxylation is 1. The van der Waals surface area contributed by atoms with Gasteiger partial charge in [-0.2, -0.15) is 13.2 Å². The number of alkyl halides is 3. The van der Waals surface area contributed by atoms with Crippen molar-refractivity contribution < 1.29 is 13.2 Å². The number of hydrogen-bond acceptors (Lipinski definition) is 5. The van der Waals surface area contributed by atoms with Crippen LogP contribution in [0.4, 0.5) is 19.0 Å². The molecule has 31 heavy (non-hydrogen) atoms. The van der Waals surface area contributed by atoms with Crippen molar-refractivity contribution in [1.82, 2.24) is 24.8 Å². The molecule has 5 rings (SSSR count). The Hall–Kier alpha value is -2.65. The minimum Gasteiger partial charge on any atom is -0.361 e. The summed E-state index contributed by atoms with van der Waals surface area (Å²) in [5, 5.41) is 3.87. The van der Waals surface area contributed by atoms with Crippen molar-refractivity contribution >= 4 is 16.9 Å². The van der Waals surface area contributed by atoms with Gasteiger partial charge in [-0.05, 0) is 37.1 Å². The van der Waals surface area contributed by atoms with Crippen molar-refractivity contribution in [2.45, 2.75) is 31.1 Å². The molecule has 0 unspecified atom stereocenters. The first kappa shape index (κ1) is 20.3. The van der Waals surface area contributed by atoms with E-state index in [-0.39, 0.29) is 17.7 Å². The zero-order valence-corrected chi connectivity index (χ0v) is 17.3. The summed E-state index contributed by atoms with van der Waals surface area (Å²) < 4.78 is 39.7. The highest BCUT2D eigenvalue weighted by Gasteiger charge is 2.36. The van der Waals surface area contributed by atoms with Gasteiger partial charge in [0, 0.05) is 32.2 Å². The van der Waals surface area contributed by atoms with Gasteiger partial charge < -0.3 is 15.2 Å². The number of anilines is 1. The van der Waals surface area contributed by atoms with Gasteiger partial charge in [0.25, 0.3) is 0 Å². The quantitative estimate of drug-likeness (QED) is 0.664. The minimum absolute atomic E-state index is 0.0595. The van der Waals surface area contributed by atoms with Crippen LogP contribution in [-0.4, -0.2) is 64.0 Å². The van der Waals surface area contributed by atoms with E-state index in [1.807, 2.05) is 12.1 Å². The van der Waals surface area contributed by atoms with E-state index in [2.05, 4.69) is 49.2 Å². The van der Waals surface area contributed by atoms with Crippen molar-refractivity contribution in [3.05, 3.63) is 53.5 Å². The van der Waals surface area contributed by atoms with Gasteiger partial charge in [0.2, 0.25) is 0 Å². The largest absolute Gasteiger partial charge is 0.431 e. The van der Waals surface area contributed by atoms with E-state index in [0.29, 0.717) is 11.2 Å². The van der Waals surface area contributed by atoms with E-state index in [1.165, 1.54) is 17.5 Å². The third kappa shape index (κ3) is 3.87. The topological polar surface area (TPSA) is 60.1 Å². The summed E-state index contributed by atoms with van der Waals surface area (Å²) in [6.07, 6.45) is -1.17. The van der Waals surface area contributed by atoms with Gasteiger partial charge in [-0.15, -0.1) is 0 Å². The Labute approximate surface area is 178 Å². The van der Waals surface area contributed by atoms with E-state index >= 15 is 0 Å². The molecule has 3 heterocycles. The highest BCUT2D eigenvalue weighted by molar-refractivity contribution is 5.88. The lowest BCUT2D eigenvalue weighted by atomic mass is 9.83. The van der Waals surface area contributed by atoms with E-state index < -0.39 is 11.9 Å². The number of nitrogens with zero attached hydrogens (tertiary/aromatic N) is 4. The Morgan fingerprint density at radius 1 is 1.10 bits per heavy atom. The predicted molar refractivity (Wildman–Crippen MR) is 113 cm³/mol. The van der Waals surface area contributed by atoms with Crippen LogP contribution in [0.5, 0.6) is 0 Å². The molecular weight excluding hydrogens is 405 g/mol. The molecule has 1 aromatic carbocycles. The number of likely N-dealkylation sites (N-methyl/N-ethyl adjacent to an activating group) is 1. The number of halogens is 3. The first-order chi connectivity index (χ1) is 14.9. The standard InChI is InChI=1S/C22H25F3N6/c1-30-8-10-31(11-9-30)17-7-6-14-4-2-3-5-15(14)19(17)29-21-16-12-18(22(23,24)25)28-20(16)26-13-27-21/h2-5,12-13,17,19H,6-11H2,1H3,(H2,26,27,28,29)/t17-,19-/m1/s1. The fourth-order valence-corrected chi connectivity index (χ4v) is 4.82. The van der Waals surface area contributed by atoms with Crippen molar-refractivity contribution in [1.29, 1.82) is 0 Å². The maximum atomic E-state index is 13.2. The second-order valence-corrected chi connectivity index (χ2v) is 8.43. The molecule has 6 nitrogen and oxygen atoms in total.